The summed E-state index contributed by atoms with van der Waals surface area (Å²) in [7, 11) is 1.57. The van der Waals surface area contributed by atoms with E-state index < -0.39 is 6.04 Å². The standard InChI is InChI=1S/C22H21N3O4/c1-29-17-11-9-16(10-12-17)22(26)24-15-5-14-23-13-4-8-20(23)21(24)18-6-2-3-7-19(18)25(27)28/h2-4,6-13,21H,5,14-15H2,1H3. The molecule has 1 aliphatic heterocycles. The topological polar surface area (TPSA) is 77.6 Å². The summed E-state index contributed by atoms with van der Waals surface area (Å²) in [5, 5.41) is 11.7. The van der Waals surface area contributed by atoms with Crippen LogP contribution in [0.3, 0.4) is 0 Å². The number of ether oxygens (including phenoxy) is 1. The van der Waals surface area contributed by atoms with Crippen molar-refractivity contribution < 1.29 is 14.5 Å². The van der Waals surface area contributed by atoms with Gasteiger partial charge in [0.15, 0.2) is 0 Å². The number of hydrogen-bond donors (Lipinski definition) is 0. The van der Waals surface area contributed by atoms with Crippen LogP contribution in [0.1, 0.15) is 34.1 Å². The van der Waals surface area contributed by atoms with E-state index >= 15 is 0 Å². The Hall–Kier alpha value is -3.61. The summed E-state index contributed by atoms with van der Waals surface area (Å²) in [5.74, 6) is 0.506. The van der Waals surface area contributed by atoms with Gasteiger partial charge in [-0.3, -0.25) is 14.9 Å². The number of hydrogen-bond acceptors (Lipinski definition) is 4. The molecular weight excluding hydrogens is 370 g/mol. The number of rotatable bonds is 4. The Morgan fingerprint density at radius 3 is 2.55 bits per heavy atom. The molecule has 0 fully saturated rings. The van der Waals surface area contributed by atoms with Gasteiger partial charge in [0.1, 0.15) is 11.8 Å². The van der Waals surface area contributed by atoms with Crippen LogP contribution < -0.4 is 4.74 Å². The van der Waals surface area contributed by atoms with Crippen LogP contribution in [0.25, 0.3) is 0 Å². The Kier molecular flexibility index (Phi) is 5.03. The maximum atomic E-state index is 13.5. The second-order valence-corrected chi connectivity index (χ2v) is 6.93. The Bertz CT molecular complexity index is 1040. The van der Waals surface area contributed by atoms with E-state index in [4.69, 9.17) is 4.74 Å². The van der Waals surface area contributed by atoms with E-state index in [2.05, 4.69) is 4.57 Å². The second-order valence-electron chi connectivity index (χ2n) is 6.93. The number of amides is 1. The van der Waals surface area contributed by atoms with Gasteiger partial charge in [0.2, 0.25) is 0 Å². The summed E-state index contributed by atoms with van der Waals surface area (Å²) in [6, 6.07) is 16.9. The van der Waals surface area contributed by atoms with Crippen LogP contribution in [0.2, 0.25) is 0 Å². The third kappa shape index (κ3) is 3.47. The SMILES string of the molecule is COc1ccc(C(=O)N2CCCn3cccc3C2c2ccccc2[N+](=O)[O-])cc1. The normalized spacial score (nSPS) is 16.0. The molecule has 7 nitrogen and oxygen atoms in total. The Morgan fingerprint density at radius 2 is 1.83 bits per heavy atom. The molecule has 4 rings (SSSR count). The number of aryl methyl sites for hydroxylation is 1. The molecule has 1 aromatic heterocycles. The third-order valence-corrected chi connectivity index (χ3v) is 5.28. The van der Waals surface area contributed by atoms with Crippen LogP contribution in [-0.2, 0) is 6.54 Å². The highest BCUT2D eigenvalue weighted by molar-refractivity contribution is 5.95. The zero-order chi connectivity index (χ0) is 20.4. The summed E-state index contributed by atoms with van der Waals surface area (Å²) >= 11 is 0. The van der Waals surface area contributed by atoms with Gasteiger partial charge in [0.05, 0.1) is 17.6 Å². The van der Waals surface area contributed by atoms with Crippen molar-refractivity contribution in [2.75, 3.05) is 13.7 Å². The van der Waals surface area contributed by atoms with Crippen molar-refractivity contribution in [1.29, 1.82) is 0 Å². The first kappa shape index (κ1) is 18.7. The molecule has 0 aliphatic carbocycles. The number of nitro benzene ring substituents is 1. The highest BCUT2D eigenvalue weighted by atomic mass is 16.6. The molecule has 2 aromatic carbocycles. The number of benzene rings is 2. The molecule has 148 valence electrons. The van der Waals surface area contributed by atoms with Crippen molar-refractivity contribution in [1.82, 2.24) is 9.47 Å². The zero-order valence-corrected chi connectivity index (χ0v) is 16.0. The predicted molar refractivity (Wildman–Crippen MR) is 108 cm³/mol. The number of methoxy groups -OCH3 is 1. The predicted octanol–water partition coefficient (Wildman–Crippen LogP) is 4.04. The number of carbonyl (C=O) groups excluding carboxylic acids is 1. The van der Waals surface area contributed by atoms with E-state index in [1.165, 1.54) is 6.07 Å². The molecule has 7 heteroatoms. The van der Waals surface area contributed by atoms with Gasteiger partial charge in [0, 0.05) is 36.6 Å². The Balaban J connectivity index is 1.83. The Morgan fingerprint density at radius 1 is 1.07 bits per heavy atom. The fourth-order valence-corrected chi connectivity index (χ4v) is 3.91. The average Bonchev–Trinajstić information content (AvgIpc) is 3.13. The molecule has 1 aliphatic rings. The minimum atomic E-state index is -0.538. The van der Waals surface area contributed by atoms with Gasteiger partial charge in [0.25, 0.3) is 11.6 Å². The van der Waals surface area contributed by atoms with Gasteiger partial charge < -0.3 is 14.2 Å². The van der Waals surface area contributed by atoms with Crippen LogP contribution in [0, 0.1) is 10.1 Å². The number of carbonyl (C=O) groups is 1. The molecule has 1 unspecified atom stereocenters. The smallest absolute Gasteiger partial charge is 0.275 e. The fraction of sp³-hybridized carbons (Fsp3) is 0.227. The molecule has 0 bridgehead atoms. The Labute approximate surface area is 168 Å². The average molecular weight is 391 g/mol. The fourth-order valence-electron chi connectivity index (χ4n) is 3.91. The molecule has 0 N–H and O–H groups in total. The largest absolute Gasteiger partial charge is 0.497 e. The lowest BCUT2D eigenvalue weighted by Gasteiger charge is -2.30. The summed E-state index contributed by atoms with van der Waals surface area (Å²) in [6.45, 7) is 1.26. The van der Waals surface area contributed by atoms with Crippen LogP contribution >= 0.6 is 0 Å². The monoisotopic (exact) mass is 391 g/mol. The van der Waals surface area contributed by atoms with Crippen LogP contribution in [0.4, 0.5) is 5.69 Å². The van der Waals surface area contributed by atoms with Crippen LogP contribution in [0.5, 0.6) is 5.75 Å². The highest BCUT2D eigenvalue weighted by Crippen LogP contribution is 2.37. The van der Waals surface area contributed by atoms with E-state index in [1.54, 1.807) is 54.5 Å². The first-order chi connectivity index (χ1) is 14.1. The van der Waals surface area contributed by atoms with Gasteiger partial charge in [-0.1, -0.05) is 12.1 Å². The minimum absolute atomic E-state index is 0.0136. The molecule has 0 radical (unpaired) electrons. The molecule has 2 heterocycles. The number of nitro groups is 1. The van der Waals surface area contributed by atoms with Crippen molar-refractivity contribution in [3.63, 3.8) is 0 Å². The lowest BCUT2D eigenvalue weighted by Crippen LogP contribution is -2.36. The number of aromatic nitrogens is 1. The molecule has 3 aromatic rings. The summed E-state index contributed by atoms with van der Waals surface area (Å²) in [4.78, 5) is 26.5. The first-order valence-electron chi connectivity index (χ1n) is 9.43. The van der Waals surface area contributed by atoms with Crippen molar-refractivity contribution in [3.05, 3.63) is 93.8 Å². The molecule has 0 saturated heterocycles. The van der Waals surface area contributed by atoms with E-state index in [0.717, 1.165) is 18.7 Å². The third-order valence-electron chi connectivity index (χ3n) is 5.28. The van der Waals surface area contributed by atoms with Crippen LogP contribution in [0.15, 0.2) is 66.9 Å². The zero-order valence-electron chi connectivity index (χ0n) is 16.0. The molecule has 0 spiro atoms. The van der Waals surface area contributed by atoms with Crippen molar-refractivity contribution in [3.8, 4) is 5.75 Å². The second kappa shape index (κ2) is 7.79. The molecular formula is C22H21N3O4. The van der Waals surface area contributed by atoms with Crippen molar-refractivity contribution in [2.24, 2.45) is 0 Å². The van der Waals surface area contributed by atoms with E-state index in [1.807, 2.05) is 18.3 Å². The number of para-hydroxylation sites is 1. The van der Waals surface area contributed by atoms with Gasteiger partial charge in [-0.2, -0.15) is 0 Å². The first-order valence-corrected chi connectivity index (χ1v) is 9.43. The highest BCUT2D eigenvalue weighted by Gasteiger charge is 2.35. The summed E-state index contributed by atoms with van der Waals surface area (Å²) < 4.78 is 7.25. The van der Waals surface area contributed by atoms with Gasteiger partial charge in [-0.05, 0) is 48.9 Å². The van der Waals surface area contributed by atoms with Crippen molar-refractivity contribution in [2.45, 2.75) is 19.0 Å². The van der Waals surface area contributed by atoms with Gasteiger partial charge in [-0.15, -0.1) is 0 Å². The van der Waals surface area contributed by atoms with E-state index in [0.29, 0.717) is 23.4 Å². The van der Waals surface area contributed by atoms with E-state index in [9.17, 15) is 14.9 Å². The number of nitrogens with zero attached hydrogens (tertiary/aromatic N) is 3. The molecule has 1 amide bonds. The van der Waals surface area contributed by atoms with E-state index in [-0.39, 0.29) is 16.5 Å². The van der Waals surface area contributed by atoms with Crippen LogP contribution in [-0.4, -0.2) is 34.0 Å². The van der Waals surface area contributed by atoms with Gasteiger partial charge >= 0.3 is 0 Å². The minimum Gasteiger partial charge on any atom is -0.497 e. The number of fused-ring (bicyclic) bond motifs is 1. The maximum Gasteiger partial charge on any atom is 0.275 e. The summed E-state index contributed by atoms with van der Waals surface area (Å²) in [5.41, 5.74) is 1.92. The molecule has 29 heavy (non-hydrogen) atoms. The molecule has 0 saturated carbocycles. The molecule has 1 atom stereocenters. The quantitative estimate of drug-likeness (QED) is 0.497. The van der Waals surface area contributed by atoms with Crippen molar-refractivity contribution >= 4 is 11.6 Å². The lowest BCUT2D eigenvalue weighted by atomic mass is 9.99. The van der Waals surface area contributed by atoms with Gasteiger partial charge in [-0.25, -0.2) is 0 Å². The lowest BCUT2D eigenvalue weighted by molar-refractivity contribution is -0.385. The maximum absolute atomic E-state index is 13.5. The summed E-state index contributed by atoms with van der Waals surface area (Å²) in [6.07, 6.45) is 2.72.